The third kappa shape index (κ3) is 3.90. The number of hydrogen-bond acceptors (Lipinski definition) is 5. The summed E-state index contributed by atoms with van der Waals surface area (Å²) >= 11 is 5.91. The molecule has 0 bridgehead atoms. The topological polar surface area (TPSA) is 88.2 Å². The Balaban J connectivity index is 1.51. The number of benzene rings is 2. The van der Waals surface area contributed by atoms with Crippen LogP contribution in [0.25, 0.3) is 0 Å². The summed E-state index contributed by atoms with van der Waals surface area (Å²) in [5.74, 6) is 0.408. The molecule has 2 saturated heterocycles. The SMILES string of the molecule is COc1cc(OC)cc(C(=O)N2CCC3(C2)NC(=O)N(Cc2ccc(Cl)cc2)C3=O)c1. The van der Waals surface area contributed by atoms with E-state index in [0.29, 0.717) is 35.1 Å². The maximum Gasteiger partial charge on any atom is 0.325 e. The van der Waals surface area contributed by atoms with Gasteiger partial charge in [0, 0.05) is 23.2 Å². The van der Waals surface area contributed by atoms with Crippen LogP contribution >= 0.6 is 11.6 Å². The van der Waals surface area contributed by atoms with Crippen LogP contribution < -0.4 is 14.8 Å². The van der Waals surface area contributed by atoms with Crippen molar-refractivity contribution >= 4 is 29.4 Å². The van der Waals surface area contributed by atoms with Crippen molar-refractivity contribution in [3.05, 3.63) is 58.6 Å². The number of nitrogens with one attached hydrogen (secondary N) is 1. The maximum absolute atomic E-state index is 13.2. The highest BCUT2D eigenvalue weighted by Gasteiger charge is 2.55. The Morgan fingerprint density at radius 2 is 1.74 bits per heavy atom. The standard InChI is InChI=1S/C22H22ClN3O5/c1-30-17-9-15(10-18(11-17)31-2)19(27)25-8-7-22(13-25)20(28)26(21(29)24-22)12-14-3-5-16(23)6-4-14/h3-6,9-11H,7-8,12-13H2,1-2H3,(H,24,29). The summed E-state index contributed by atoms with van der Waals surface area (Å²) < 4.78 is 10.5. The summed E-state index contributed by atoms with van der Waals surface area (Å²) in [6, 6.07) is 11.4. The number of likely N-dealkylation sites (tertiary alicyclic amines) is 1. The number of urea groups is 1. The lowest BCUT2D eigenvalue weighted by Crippen LogP contribution is -2.49. The van der Waals surface area contributed by atoms with Gasteiger partial charge in [0.2, 0.25) is 0 Å². The first-order chi connectivity index (χ1) is 14.8. The molecule has 2 fully saturated rings. The van der Waals surface area contributed by atoms with E-state index in [-0.39, 0.29) is 24.9 Å². The van der Waals surface area contributed by atoms with Crippen LogP contribution in [0.15, 0.2) is 42.5 Å². The van der Waals surface area contributed by atoms with Crippen LogP contribution in [0.5, 0.6) is 11.5 Å². The zero-order valence-electron chi connectivity index (χ0n) is 17.2. The first-order valence-electron chi connectivity index (χ1n) is 9.76. The van der Waals surface area contributed by atoms with Crippen molar-refractivity contribution in [2.45, 2.75) is 18.5 Å². The second-order valence-corrected chi connectivity index (χ2v) is 8.04. The Morgan fingerprint density at radius 3 is 2.35 bits per heavy atom. The van der Waals surface area contributed by atoms with Crippen molar-refractivity contribution in [1.29, 1.82) is 0 Å². The van der Waals surface area contributed by atoms with Crippen LogP contribution in [-0.4, -0.2) is 60.5 Å². The lowest BCUT2D eigenvalue weighted by atomic mass is 9.99. The molecule has 0 aliphatic carbocycles. The molecule has 2 heterocycles. The molecule has 2 aliphatic rings. The van der Waals surface area contributed by atoms with Gasteiger partial charge < -0.3 is 19.7 Å². The molecule has 162 valence electrons. The number of nitrogens with zero attached hydrogens (tertiary/aromatic N) is 2. The minimum atomic E-state index is -1.11. The first-order valence-corrected chi connectivity index (χ1v) is 10.1. The molecule has 1 spiro atoms. The van der Waals surface area contributed by atoms with Gasteiger partial charge in [0.1, 0.15) is 17.0 Å². The number of halogens is 1. The minimum absolute atomic E-state index is 0.104. The van der Waals surface area contributed by atoms with E-state index in [1.807, 2.05) is 0 Å². The number of methoxy groups -OCH3 is 2. The van der Waals surface area contributed by atoms with Gasteiger partial charge in [-0.05, 0) is 36.2 Å². The second-order valence-electron chi connectivity index (χ2n) is 7.61. The summed E-state index contributed by atoms with van der Waals surface area (Å²) in [7, 11) is 3.02. The number of carbonyl (C=O) groups is 3. The summed E-state index contributed by atoms with van der Waals surface area (Å²) in [6.45, 7) is 0.594. The highest BCUT2D eigenvalue weighted by molar-refractivity contribution is 6.30. The minimum Gasteiger partial charge on any atom is -0.497 e. The number of ether oxygens (including phenoxy) is 2. The fourth-order valence-corrected chi connectivity index (χ4v) is 4.09. The summed E-state index contributed by atoms with van der Waals surface area (Å²) in [4.78, 5) is 41.6. The van der Waals surface area contributed by atoms with Crippen molar-refractivity contribution in [3.8, 4) is 11.5 Å². The molecule has 1 unspecified atom stereocenters. The molecule has 8 nitrogen and oxygen atoms in total. The molecule has 31 heavy (non-hydrogen) atoms. The van der Waals surface area contributed by atoms with Gasteiger partial charge in [-0.1, -0.05) is 23.7 Å². The highest BCUT2D eigenvalue weighted by atomic mass is 35.5. The average molecular weight is 444 g/mol. The predicted molar refractivity (Wildman–Crippen MR) is 113 cm³/mol. The van der Waals surface area contributed by atoms with E-state index in [0.717, 1.165) is 5.56 Å². The van der Waals surface area contributed by atoms with E-state index in [1.54, 1.807) is 47.4 Å². The third-order valence-electron chi connectivity index (χ3n) is 5.65. The van der Waals surface area contributed by atoms with Gasteiger partial charge in [-0.25, -0.2) is 4.79 Å². The van der Waals surface area contributed by atoms with Crippen LogP contribution in [-0.2, 0) is 11.3 Å². The Kier molecular flexibility index (Phi) is 5.49. The number of imide groups is 1. The molecule has 2 aromatic rings. The first kappa shape index (κ1) is 21.0. The molecule has 4 amide bonds. The van der Waals surface area contributed by atoms with E-state index in [1.165, 1.54) is 19.1 Å². The largest absolute Gasteiger partial charge is 0.497 e. The van der Waals surface area contributed by atoms with Crippen molar-refractivity contribution in [1.82, 2.24) is 15.1 Å². The van der Waals surface area contributed by atoms with Gasteiger partial charge in [0.15, 0.2) is 0 Å². The summed E-state index contributed by atoms with van der Waals surface area (Å²) in [5, 5.41) is 3.39. The van der Waals surface area contributed by atoms with E-state index >= 15 is 0 Å². The number of amides is 4. The lowest BCUT2D eigenvalue weighted by molar-refractivity contribution is -0.131. The molecule has 0 saturated carbocycles. The van der Waals surface area contributed by atoms with Crippen LogP contribution in [0.1, 0.15) is 22.3 Å². The zero-order valence-corrected chi connectivity index (χ0v) is 17.9. The Bertz CT molecular complexity index is 1020. The molecular weight excluding hydrogens is 422 g/mol. The van der Waals surface area contributed by atoms with Gasteiger partial charge in [0.05, 0.1) is 27.3 Å². The molecular formula is C22H22ClN3O5. The molecule has 9 heteroatoms. The van der Waals surface area contributed by atoms with Crippen molar-refractivity contribution in [2.75, 3.05) is 27.3 Å². The smallest absolute Gasteiger partial charge is 0.325 e. The fraction of sp³-hybridized carbons (Fsp3) is 0.318. The van der Waals surface area contributed by atoms with Crippen molar-refractivity contribution in [2.24, 2.45) is 0 Å². The van der Waals surface area contributed by atoms with Gasteiger partial charge in [-0.2, -0.15) is 0 Å². The molecule has 2 aromatic carbocycles. The summed E-state index contributed by atoms with van der Waals surface area (Å²) in [6.07, 6.45) is 0.349. The normalized spacial score (nSPS) is 20.4. The highest BCUT2D eigenvalue weighted by Crippen LogP contribution is 2.32. The van der Waals surface area contributed by atoms with Gasteiger partial charge >= 0.3 is 6.03 Å². The van der Waals surface area contributed by atoms with E-state index in [2.05, 4.69) is 5.32 Å². The molecule has 1 atom stereocenters. The van der Waals surface area contributed by atoms with E-state index in [9.17, 15) is 14.4 Å². The van der Waals surface area contributed by atoms with Crippen LogP contribution in [0, 0.1) is 0 Å². The van der Waals surface area contributed by atoms with Gasteiger partial charge in [-0.15, -0.1) is 0 Å². The van der Waals surface area contributed by atoms with E-state index < -0.39 is 11.6 Å². The molecule has 0 radical (unpaired) electrons. The van der Waals surface area contributed by atoms with Gasteiger partial charge in [-0.3, -0.25) is 14.5 Å². The molecule has 0 aromatic heterocycles. The summed E-state index contributed by atoms with van der Waals surface area (Å²) in [5.41, 5.74) is 0.0738. The third-order valence-corrected chi connectivity index (χ3v) is 5.91. The number of carbonyl (C=O) groups excluding carboxylic acids is 3. The second kappa shape index (κ2) is 8.11. The Labute approximate surface area is 184 Å². The van der Waals surface area contributed by atoms with Crippen molar-refractivity contribution < 1.29 is 23.9 Å². The number of rotatable bonds is 5. The monoisotopic (exact) mass is 443 g/mol. The molecule has 4 rings (SSSR count). The van der Waals surface area contributed by atoms with Crippen LogP contribution in [0.4, 0.5) is 4.79 Å². The Morgan fingerprint density at radius 1 is 1.10 bits per heavy atom. The fourth-order valence-electron chi connectivity index (χ4n) is 3.97. The van der Waals surface area contributed by atoms with E-state index in [4.69, 9.17) is 21.1 Å². The quantitative estimate of drug-likeness (QED) is 0.718. The molecule has 2 aliphatic heterocycles. The number of hydrogen-bond donors (Lipinski definition) is 1. The van der Waals surface area contributed by atoms with Crippen LogP contribution in [0.3, 0.4) is 0 Å². The van der Waals surface area contributed by atoms with Crippen molar-refractivity contribution in [3.63, 3.8) is 0 Å². The average Bonchev–Trinajstić information content (AvgIpc) is 3.30. The van der Waals surface area contributed by atoms with Crippen LogP contribution in [0.2, 0.25) is 5.02 Å². The zero-order chi connectivity index (χ0) is 22.2. The maximum atomic E-state index is 13.2. The Hall–Kier alpha value is -3.26. The lowest BCUT2D eigenvalue weighted by Gasteiger charge is -2.22. The molecule has 1 N–H and O–H groups in total. The predicted octanol–water partition coefficient (Wildman–Crippen LogP) is 2.69. The van der Waals surface area contributed by atoms with Gasteiger partial charge in [0.25, 0.3) is 11.8 Å².